The van der Waals surface area contributed by atoms with E-state index in [1.807, 2.05) is 30.3 Å². The van der Waals surface area contributed by atoms with Crippen molar-refractivity contribution in [3.63, 3.8) is 0 Å². The number of halogens is 2. The second kappa shape index (κ2) is 9.77. The van der Waals surface area contributed by atoms with Gasteiger partial charge < -0.3 is 10.1 Å². The Bertz CT molecular complexity index is 1040. The number of aromatic nitrogens is 1. The van der Waals surface area contributed by atoms with Crippen molar-refractivity contribution in [1.29, 1.82) is 0 Å². The molecule has 7 nitrogen and oxygen atoms in total. The van der Waals surface area contributed by atoms with Crippen molar-refractivity contribution in [2.24, 2.45) is 10.2 Å². The van der Waals surface area contributed by atoms with Crippen LogP contribution < -0.4 is 5.32 Å². The highest BCUT2D eigenvalue weighted by atomic mass is 35.5. The lowest BCUT2D eigenvalue weighted by molar-refractivity contribution is -0.119. The molecule has 3 aromatic rings. The smallest absolute Gasteiger partial charge is 0.359 e. The van der Waals surface area contributed by atoms with Crippen molar-refractivity contribution in [2.75, 3.05) is 11.9 Å². The summed E-state index contributed by atoms with van der Waals surface area (Å²) >= 11 is 11.6. The van der Waals surface area contributed by atoms with Crippen molar-refractivity contribution in [3.8, 4) is 0 Å². The van der Waals surface area contributed by atoms with Crippen molar-refractivity contribution < 1.29 is 14.3 Å². The molecule has 2 aromatic carbocycles. The molecule has 0 bridgehead atoms. The number of esters is 1. The number of nitrogens with zero attached hydrogens (tertiary/aromatic N) is 3. The first kappa shape index (κ1) is 20.4. The standard InChI is InChI=1S/C20H14Cl2N4O3/c21-16-10-11-17(22)24-19(16)20(28)29-12-18(27)23-13-6-8-15(9-7-13)26-25-14-4-2-1-3-5-14/h1-11H,12H2,(H,23,27). The van der Waals surface area contributed by atoms with E-state index in [2.05, 4.69) is 20.5 Å². The maximum absolute atomic E-state index is 12.0. The minimum absolute atomic E-state index is 0.0834. The van der Waals surface area contributed by atoms with E-state index in [0.29, 0.717) is 11.4 Å². The summed E-state index contributed by atoms with van der Waals surface area (Å²) in [7, 11) is 0. The van der Waals surface area contributed by atoms with Gasteiger partial charge in [-0.05, 0) is 48.5 Å². The molecule has 1 aromatic heterocycles. The number of pyridine rings is 1. The van der Waals surface area contributed by atoms with Gasteiger partial charge >= 0.3 is 5.97 Å². The van der Waals surface area contributed by atoms with Crippen LogP contribution in [0.15, 0.2) is 77.0 Å². The Labute approximate surface area is 176 Å². The molecule has 0 atom stereocenters. The van der Waals surface area contributed by atoms with E-state index in [0.717, 1.165) is 5.69 Å². The zero-order valence-electron chi connectivity index (χ0n) is 14.9. The van der Waals surface area contributed by atoms with Crippen LogP contribution in [0.5, 0.6) is 0 Å². The molecule has 0 spiro atoms. The first-order valence-electron chi connectivity index (χ1n) is 8.37. The molecule has 29 heavy (non-hydrogen) atoms. The summed E-state index contributed by atoms with van der Waals surface area (Å²) in [5.74, 6) is -1.36. The van der Waals surface area contributed by atoms with Crippen LogP contribution in [0.3, 0.4) is 0 Å². The molecule has 0 saturated carbocycles. The molecule has 0 aliphatic heterocycles. The predicted octanol–water partition coefficient (Wildman–Crippen LogP) is 5.60. The van der Waals surface area contributed by atoms with Crippen LogP contribution in [-0.4, -0.2) is 23.5 Å². The van der Waals surface area contributed by atoms with Crippen LogP contribution in [0.4, 0.5) is 17.1 Å². The number of carbonyl (C=O) groups excluding carboxylic acids is 2. The van der Waals surface area contributed by atoms with Crippen LogP contribution in [0.25, 0.3) is 0 Å². The number of amides is 1. The largest absolute Gasteiger partial charge is 0.451 e. The van der Waals surface area contributed by atoms with Crippen LogP contribution in [-0.2, 0) is 9.53 Å². The number of hydrogen-bond acceptors (Lipinski definition) is 6. The highest BCUT2D eigenvalue weighted by Gasteiger charge is 2.16. The average molecular weight is 429 g/mol. The summed E-state index contributed by atoms with van der Waals surface area (Å²) in [6.07, 6.45) is 0. The number of benzene rings is 2. The number of anilines is 1. The predicted molar refractivity (Wildman–Crippen MR) is 110 cm³/mol. The molecule has 1 N–H and O–H groups in total. The van der Waals surface area contributed by atoms with Gasteiger partial charge in [-0.25, -0.2) is 9.78 Å². The molecule has 3 rings (SSSR count). The van der Waals surface area contributed by atoms with Gasteiger partial charge in [0.2, 0.25) is 0 Å². The van der Waals surface area contributed by atoms with Gasteiger partial charge in [0.15, 0.2) is 12.3 Å². The van der Waals surface area contributed by atoms with E-state index >= 15 is 0 Å². The number of ether oxygens (including phenoxy) is 1. The van der Waals surface area contributed by atoms with E-state index in [4.69, 9.17) is 27.9 Å². The Morgan fingerprint density at radius 3 is 2.24 bits per heavy atom. The topological polar surface area (TPSA) is 93.0 Å². The van der Waals surface area contributed by atoms with Gasteiger partial charge in [0.1, 0.15) is 5.15 Å². The average Bonchev–Trinajstić information content (AvgIpc) is 2.74. The van der Waals surface area contributed by atoms with Crippen LogP contribution in [0.2, 0.25) is 10.2 Å². The van der Waals surface area contributed by atoms with Gasteiger partial charge in [-0.15, -0.1) is 0 Å². The molecule has 146 valence electrons. The highest BCUT2D eigenvalue weighted by Crippen LogP contribution is 2.20. The second-order valence-electron chi connectivity index (χ2n) is 5.67. The summed E-state index contributed by atoms with van der Waals surface area (Å²) < 4.78 is 4.92. The third-order valence-electron chi connectivity index (χ3n) is 3.53. The van der Waals surface area contributed by atoms with Crippen molar-refractivity contribution in [3.05, 3.63) is 82.6 Å². The highest BCUT2D eigenvalue weighted by molar-refractivity contribution is 6.34. The van der Waals surface area contributed by atoms with Crippen molar-refractivity contribution in [2.45, 2.75) is 0 Å². The Morgan fingerprint density at radius 2 is 1.55 bits per heavy atom. The van der Waals surface area contributed by atoms with E-state index in [1.54, 1.807) is 24.3 Å². The maximum atomic E-state index is 12.0. The molecular weight excluding hydrogens is 415 g/mol. The van der Waals surface area contributed by atoms with Crippen molar-refractivity contribution in [1.82, 2.24) is 4.98 Å². The third-order valence-corrected chi connectivity index (χ3v) is 4.04. The molecule has 0 fully saturated rings. The van der Waals surface area contributed by atoms with Gasteiger partial charge in [0.05, 0.1) is 16.4 Å². The molecule has 1 heterocycles. The van der Waals surface area contributed by atoms with Crippen LogP contribution in [0, 0.1) is 0 Å². The molecular formula is C20H14Cl2N4O3. The summed E-state index contributed by atoms with van der Waals surface area (Å²) in [4.78, 5) is 27.8. The lowest BCUT2D eigenvalue weighted by atomic mass is 10.3. The van der Waals surface area contributed by atoms with E-state index in [-0.39, 0.29) is 15.9 Å². The zero-order valence-corrected chi connectivity index (χ0v) is 16.4. The van der Waals surface area contributed by atoms with E-state index < -0.39 is 18.5 Å². The quantitative estimate of drug-likeness (QED) is 0.314. The van der Waals surface area contributed by atoms with E-state index in [1.165, 1.54) is 12.1 Å². The maximum Gasteiger partial charge on any atom is 0.359 e. The monoisotopic (exact) mass is 428 g/mol. The summed E-state index contributed by atoms with van der Waals surface area (Å²) in [6, 6.07) is 18.9. The molecule has 0 aliphatic rings. The zero-order chi connectivity index (χ0) is 20.6. The number of hydrogen-bond donors (Lipinski definition) is 1. The third kappa shape index (κ3) is 6.10. The minimum atomic E-state index is -0.843. The summed E-state index contributed by atoms with van der Waals surface area (Å²) in [5, 5.41) is 11.0. The summed E-state index contributed by atoms with van der Waals surface area (Å²) in [5.41, 5.74) is 1.73. The van der Waals surface area contributed by atoms with Gasteiger partial charge in [-0.1, -0.05) is 41.4 Å². The van der Waals surface area contributed by atoms with Gasteiger partial charge in [0.25, 0.3) is 5.91 Å². The Kier molecular flexibility index (Phi) is 6.89. The Morgan fingerprint density at radius 1 is 0.897 bits per heavy atom. The fourth-order valence-corrected chi connectivity index (χ4v) is 2.51. The minimum Gasteiger partial charge on any atom is -0.451 e. The lowest BCUT2D eigenvalue weighted by Crippen LogP contribution is -2.21. The van der Waals surface area contributed by atoms with Gasteiger partial charge in [0, 0.05) is 5.69 Å². The fraction of sp³-hybridized carbons (Fsp3) is 0.0500. The lowest BCUT2D eigenvalue weighted by Gasteiger charge is -2.07. The molecule has 0 radical (unpaired) electrons. The molecule has 0 unspecified atom stereocenters. The van der Waals surface area contributed by atoms with Crippen LogP contribution in [0.1, 0.15) is 10.5 Å². The molecule has 1 amide bonds. The SMILES string of the molecule is O=C(COC(=O)c1nc(Cl)ccc1Cl)Nc1ccc(N=Nc2ccccc2)cc1. The Balaban J connectivity index is 1.52. The van der Waals surface area contributed by atoms with E-state index in [9.17, 15) is 9.59 Å². The number of azo groups is 1. The van der Waals surface area contributed by atoms with Crippen molar-refractivity contribution >= 4 is 52.1 Å². The first-order chi connectivity index (χ1) is 14.0. The molecule has 0 aliphatic carbocycles. The van der Waals surface area contributed by atoms with Crippen LogP contribution >= 0.6 is 23.2 Å². The van der Waals surface area contributed by atoms with Gasteiger partial charge in [-0.2, -0.15) is 10.2 Å². The summed E-state index contributed by atoms with van der Waals surface area (Å²) in [6.45, 7) is -0.501. The Hall–Kier alpha value is -3.29. The normalized spacial score (nSPS) is 10.7. The number of nitrogens with one attached hydrogen (secondary N) is 1. The second-order valence-corrected chi connectivity index (χ2v) is 6.47. The number of carbonyl (C=O) groups is 2. The first-order valence-corrected chi connectivity index (χ1v) is 9.13. The molecule has 0 saturated heterocycles. The molecule has 9 heteroatoms. The number of rotatable bonds is 6. The fourth-order valence-electron chi connectivity index (χ4n) is 2.18. The van der Waals surface area contributed by atoms with Gasteiger partial charge in [-0.3, -0.25) is 4.79 Å².